The first-order valence-electron chi connectivity index (χ1n) is 9.56. The molecule has 1 aromatic heterocycles. The highest BCUT2D eigenvalue weighted by Gasteiger charge is 2.23. The quantitative estimate of drug-likeness (QED) is 0.458. The number of aromatic nitrogens is 3. The predicted molar refractivity (Wildman–Crippen MR) is 114 cm³/mol. The molecule has 156 valence electrons. The van der Waals surface area contributed by atoms with Crippen LogP contribution >= 0.6 is 11.8 Å². The second-order valence-corrected chi connectivity index (χ2v) is 7.91. The Morgan fingerprint density at radius 1 is 1.10 bits per heavy atom. The Hall–Kier alpha value is -3.04. The molecule has 0 spiro atoms. The second kappa shape index (κ2) is 8.76. The number of thioether (sulfide) groups is 1. The van der Waals surface area contributed by atoms with Crippen molar-refractivity contribution < 1.29 is 19.7 Å². The summed E-state index contributed by atoms with van der Waals surface area (Å²) in [7, 11) is 0. The number of hydrogen-bond acceptors (Lipinski definition) is 8. The molecule has 8 nitrogen and oxygen atoms in total. The molecular weight excluding hydrogens is 404 g/mol. The van der Waals surface area contributed by atoms with E-state index in [9.17, 15) is 15.0 Å². The van der Waals surface area contributed by atoms with Gasteiger partial charge >= 0.3 is 0 Å². The van der Waals surface area contributed by atoms with Gasteiger partial charge in [0.15, 0.2) is 10.9 Å². The number of ether oxygens (including phenoxy) is 1. The molecule has 2 aromatic carbocycles. The molecule has 1 fully saturated rings. The van der Waals surface area contributed by atoms with Crippen LogP contribution in [0, 0.1) is 6.92 Å². The number of Topliss-reactive ketones (excluding diaryl/α,β-unsaturated/α-hetero) is 1. The van der Waals surface area contributed by atoms with Crippen molar-refractivity contribution in [2.24, 2.45) is 0 Å². The van der Waals surface area contributed by atoms with Gasteiger partial charge in [-0.2, -0.15) is 0 Å². The maximum atomic E-state index is 12.6. The highest BCUT2D eigenvalue weighted by molar-refractivity contribution is 7.99. The van der Waals surface area contributed by atoms with Gasteiger partial charge < -0.3 is 19.8 Å². The van der Waals surface area contributed by atoms with E-state index in [4.69, 9.17) is 4.74 Å². The van der Waals surface area contributed by atoms with Gasteiger partial charge in [-0.05, 0) is 31.2 Å². The van der Waals surface area contributed by atoms with Crippen molar-refractivity contribution in [3.8, 4) is 17.2 Å². The lowest BCUT2D eigenvalue weighted by atomic mass is 10.1. The smallest absolute Gasteiger partial charge is 0.232 e. The minimum Gasteiger partial charge on any atom is -0.508 e. The van der Waals surface area contributed by atoms with Gasteiger partial charge in [0.25, 0.3) is 0 Å². The molecule has 9 heteroatoms. The van der Waals surface area contributed by atoms with Crippen molar-refractivity contribution in [1.82, 2.24) is 14.8 Å². The first-order valence-corrected chi connectivity index (χ1v) is 10.5. The zero-order valence-corrected chi connectivity index (χ0v) is 17.3. The number of rotatable bonds is 6. The third-order valence-corrected chi connectivity index (χ3v) is 5.75. The highest BCUT2D eigenvalue weighted by atomic mass is 32.2. The predicted octanol–water partition coefficient (Wildman–Crippen LogP) is 2.80. The minimum absolute atomic E-state index is 0.0748. The third-order valence-electron chi connectivity index (χ3n) is 4.82. The number of ketones is 1. The molecule has 3 aromatic rings. The molecule has 4 rings (SSSR count). The molecule has 1 aliphatic rings. The highest BCUT2D eigenvalue weighted by Crippen LogP contribution is 2.29. The van der Waals surface area contributed by atoms with Crippen molar-refractivity contribution in [3.05, 3.63) is 53.6 Å². The van der Waals surface area contributed by atoms with Crippen molar-refractivity contribution in [2.45, 2.75) is 12.1 Å². The number of morpholine rings is 1. The van der Waals surface area contributed by atoms with E-state index < -0.39 is 0 Å². The molecular formula is C21H22N4O4S. The lowest BCUT2D eigenvalue weighted by molar-refractivity contribution is 0.102. The van der Waals surface area contributed by atoms with Gasteiger partial charge in [-0.3, -0.25) is 9.36 Å². The van der Waals surface area contributed by atoms with E-state index in [-0.39, 0.29) is 28.6 Å². The molecule has 1 aliphatic heterocycles. The summed E-state index contributed by atoms with van der Waals surface area (Å²) in [5, 5.41) is 28.7. The van der Waals surface area contributed by atoms with Gasteiger partial charge in [0, 0.05) is 19.2 Å². The summed E-state index contributed by atoms with van der Waals surface area (Å²) in [5.41, 5.74) is 2.22. The zero-order chi connectivity index (χ0) is 21.1. The Balaban J connectivity index is 1.61. The number of aromatic hydroxyl groups is 2. The Bertz CT molecular complexity index is 1050. The van der Waals surface area contributed by atoms with Gasteiger partial charge in [-0.15, -0.1) is 10.2 Å². The normalized spacial score (nSPS) is 14.1. The van der Waals surface area contributed by atoms with Crippen molar-refractivity contribution >= 4 is 23.5 Å². The SMILES string of the molecule is Cc1ccc(-n2c(SCC(=O)c3ccc(O)cc3O)nnc2N2CCOCC2)cc1. The van der Waals surface area contributed by atoms with Crippen LogP contribution in [-0.2, 0) is 4.74 Å². The monoisotopic (exact) mass is 426 g/mol. The fourth-order valence-corrected chi connectivity index (χ4v) is 4.04. The Morgan fingerprint density at radius 2 is 1.83 bits per heavy atom. The average molecular weight is 426 g/mol. The van der Waals surface area contributed by atoms with Crippen molar-refractivity contribution in [2.75, 3.05) is 37.0 Å². The molecule has 0 unspecified atom stereocenters. The fourth-order valence-electron chi connectivity index (χ4n) is 3.21. The molecule has 0 saturated carbocycles. The topological polar surface area (TPSA) is 101 Å². The van der Waals surface area contributed by atoms with Crippen LogP contribution < -0.4 is 4.90 Å². The van der Waals surface area contributed by atoms with Crippen LogP contribution in [0.25, 0.3) is 5.69 Å². The summed E-state index contributed by atoms with van der Waals surface area (Å²) >= 11 is 1.26. The maximum absolute atomic E-state index is 12.6. The Labute approximate surface area is 178 Å². The van der Waals surface area contributed by atoms with Gasteiger partial charge in [-0.25, -0.2) is 0 Å². The standard InChI is InChI=1S/C21H22N4O4S/c1-14-2-4-15(5-3-14)25-20(24-8-10-29-11-9-24)22-23-21(25)30-13-19(28)17-7-6-16(26)12-18(17)27/h2-7,12,26-27H,8-11,13H2,1H3. The second-order valence-electron chi connectivity index (χ2n) is 6.97. The van der Waals surface area contributed by atoms with Crippen LogP contribution in [0.15, 0.2) is 47.6 Å². The number of carbonyl (C=O) groups excluding carboxylic acids is 1. The molecule has 0 aliphatic carbocycles. The number of nitrogens with zero attached hydrogens (tertiary/aromatic N) is 4. The van der Waals surface area contributed by atoms with Crippen LogP contribution in [0.1, 0.15) is 15.9 Å². The van der Waals surface area contributed by atoms with Crippen LogP contribution in [0.4, 0.5) is 5.95 Å². The summed E-state index contributed by atoms with van der Waals surface area (Å²) in [4.78, 5) is 14.7. The van der Waals surface area contributed by atoms with Gasteiger partial charge in [-0.1, -0.05) is 29.5 Å². The van der Waals surface area contributed by atoms with Crippen molar-refractivity contribution in [1.29, 1.82) is 0 Å². The molecule has 2 N–H and O–H groups in total. The maximum Gasteiger partial charge on any atom is 0.232 e. The van der Waals surface area contributed by atoms with E-state index in [2.05, 4.69) is 15.1 Å². The average Bonchev–Trinajstić information content (AvgIpc) is 3.17. The van der Waals surface area contributed by atoms with E-state index in [1.165, 1.54) is 23.9 Å². The van der Waals surface area contributed by atoms with E-state index in [1.807, 2.05) is 35.8 Å². The summed E-state index contributed by atoms with van der Waals surface area (Å²) in [5.74, 6) is 0.194. The molecule has 0 amide bonds. The van der Waals surface area contributed by atoms with E-state index >= 15 is 0 Å². The molecule has 1 saturated heterocycles. The van der Waals surface area contributed by atoms with E-state index in [0.717, 1.165) is 30.4 Å². The molecule has 0 radical (unpaired) electrons. The van der Waals surface area contributed by atoms with Gasteiger partial charge in [0.05, 0.1) is 30.2 Å². The number of carbonyl (C=O) groups is 1. The van der Waals surface area contributed by atoms with Gasteiger partial charge in [0.1, 0.15) is 11.5 Å². The first-order chi connectivity index (χ1) is 14.5. The number of benzene rings is 2. The fraction of sp³-hybridized carbons (Fsp3) is 0.286. The lowest BCUT2D eigenvalue weighted by Crippen LogP contribution is -2.37. The van der Waals surface area contributed by atoms with Crippen LogP contribution in [-0.4, -0.2) is 62.8 Å². The minimum atomic E-state index is -0.260. The Morgan fingerprint density at radius 3 is 2.53 bits per heavy atom. The zero-order valence-electron chi connectivity index (χ0n) is 16.5. The van der Waals surface area contributed by atoms with Crippen LogP contribution in [0.5, 0.6) is 11.5 Å². The summed E-state index contributed by atoms with van der Waals surface area (Å²) in [6, 6.07) is 12.0. The van der Waals surface area contributed by atoms with E-state index in [1.54, 1.807) is 0 Å². The molecule has 2 heterocycles. The molecule has 30 heavy (non-hydrogen) atoms. The number of aryl methyl sites for hydroxylation is 1. The largest absolute Gasteiger partial charge is 0.508 e. The van der Waals surface area contributed by atoms with Crippen LogP contribution in [0.3, 0.4) is 0 Å². The lowest BCUT2D eigenvalue weighted by Gasteiger charge is -2.27. The van der Waals surface area contributed by atoms with Crippen molar-refractivity contribution in [3.63, 3.8) is 0 Å². The van der Waals surface area contributed by atoms with Crippen LogP contribution in [0.2, 0.25) is 0 Å². The molecule has 0 atom stereocenters. The Kier molecular flexibility index (Phi) is 5.91. The molecule has 0 bridgehead atoms. The first kappa shape index (κ1) is 20.2. The number of hydrogen-bond donors (Lipinski definition) is 2. The number of phenols is 2. The summed E-state index contributed by atoms with van der Waals surface area (Å²) < 4.78 is 7.39. The number of phenolic OH excluding ortho intramolecular Hbond substituents is 2. The third kappa shape index (κ3) is 4.27. The summed E-state index contributed by atoms with van der Waals surface area (Å²) in [6.07, 6.45) is 0. The number of anilines is 1. The van der Waals surface area contributed by atoms with Gasteiger partial charge in [0.2, 0.25) is 5.95 Å². The van der Waals surface area contributed by atoms with E-state index in [0.29, 0.717) is 24.3 Å². The summed E-state index contributed by atoms with van der Waals surface area (Å²) in [6.45, 7) is 4.71.